The molecule has 0 fully saturated rings. The number of hydrogen-bond donors (Lipinski definition) is 0. The van der Waals surface area contributed by atoms with Crippen LogP contribution in [0.1, 0.15) is 46.1 Å². The first-order valence-corrected chi connectivity index (χ1v) is 7.70. The van der Waals surface area contributed by atoms with Crippen LogP contribution < -0.4 is 0 Å². The fourth-order valence-corrected chi connectivity index (χ4v) is 2.32. The SMILES string of the molecule is CC(C)N(C(=O)O/C=C\CCCc1ccccc1)C(C)C. The first kappa shape index (κ1) is 17.3. The number of rotatable bonds is 7. The van der Waals surface area contributed by atoms with E-state index < -0.39 is 0 Å². The zero-order valence-electron chi connectivity index (χ0n) is 13.6. The van der Waals surface area contributed by atoms with Gasteiger partial charge in [0.1, 0.15) is 0 Å². The molecule has 0 aromatic heterocycles. The van der Waals surface area contributed by atoms with Crippen molar-refractivity contribution in [2.45, 2.75) is 59.0 Å². The van der Waals surface area contributed by atoms with Gasteiger partial charge < -0.3 is 9.64 Å². The van der Waals surface area contributed by atoms with E-state index in [1.54, 1.807) is 4.90 Å². The van der Waals surface area contributed by atoms with E-state index in [1.165, 1.54) is 11.8 Å². The highest BCUT2D eigenvalue weighted by Gasteiger charge is 2.20. The Morgan fingerprint density at radius 2 is 1.76 bits per heavy atom. The Labute approximate surface area is 128 Å². The molecule has 0 saturated heterocycles. The molecule has 0 saturated carbocycles. The van der Waals surface area contributed by atoms with Crippen LogP contribution in [0.5, 0.6) is 0 Å². The van der Waals surface area contributed by atoms with E-state index in [-0.39, 0.29) is 18.2 Å². The summed E-state index contributed by atoms with van der Waals surface area (Å²) in [5.74, 6) is 0. The average Bonchev–Trinajstić information content (AvgIpc) is 2.43. The number of carbonyl (C=O) groups is 1. The second kappa shape index (κ2) is 9.22. The van der Waals surface area contributed by atoms with E-state index >= 15 is 0 Å². The minimum Gasteiger partial charge on any atom is -0.418 e. The first-order valence-electron chi connectivity index (χ1n) is 7.70. The predicted molar refractivity (Wildman–Crippen MR) is 87.1 cm³/mol. The molecule has 3 heteroatoms. The largest absolute Gasteiger partial charge is 0.418 e. The molecule has 0 heterocycles. The van der Waals surface area contributed by atoms with Gasteiger partial charge in [-0.2, -0.15) is 0 Å². The van der Waals surface area contributed by atoms with Gasteiger partial charge >= 0.3 is 6.09 Å². The van der Waals surface area contributed by atoms with E-state index in [1.807, 2.05) is 39.8 Å². The maximum atomic E-state index is 11.9. The number of ether oxygens (including phenoxy) is 1. The van der Waals surface area contributed by atoms with Gasteiger partial charge in [-0.15, -0.1) is 0 Å². The van der Waals surface area contributed by atoms with Crippen LogP contribution in [-0.2, 0) is 11.2 Å². The molecule has 1 aromatic rings. The van der Waals surface area contributed by atoms with Crippen LogP contribution in [0.25, 0.3) is 0 Å². The van der Waals surface area contributed by atoms with Gasteiger partial charge in [-0.05, 0) is 58.6 Å². The third kappa shape index (κ3) is 6.48. The quantitative estimate of drug-likeness (QED) is 0.534. The lowest BCUT2D eigenvalue weighted by atomic mass is 10.1. The van der Waals surface area contributed by atoms with Crippen molar-refractivity contribution in [2.24, 2.45) is 0 Å². The molecular formula is C18H27NO2. The van der Waals surface area contributed by atoms with E-state index in [2.05, 4.69) is 24.3 Å². The number of aryl methyl sites for hydroxylation is 1. The Hall–Kier alpha value is -1.77. The van der Waals surface area contributed by atoms with Crippen LogP contribution in [-0.4, -0.2) is 23.1 Å². The number of amides is 1. The molecule has 0 radical (unpaired) electrons. The monoisotopic (exact) mass is 289 g/mol. The van der Waals surface area contributed by atoms with Crippen molar-refractivity contribution in [3.63, 3.8) is 0 Å². The van der Waals surface area contributed by atoms with Crippen LogP contribution in [0, 0.1) is 0 Å². The Morgan fingerprint density at radius 3 is 2.33 bits per heavy atom. The Morgan fingerprint density at radius 1 is 1.14 bits per heavy atom. The topological polar surface area (TPSA) is 29.5 Å². The molecule has 0 bridgehead atoms. The maximum Gasteiger partial charge on any atom is 0.415 e. The summed E-state index contributed by atoms with van der Waals surface area (Å²) in [5.41, 5.74) is 1.34. The molecule has 0 aliphatic carbocycles. The average molecular weight is 289 g/mol. The Kier molecular flexibility index (Phi) is 7.59. The molecule has 0 N–H and O–H groups in total. The molecule has 0 aliphatic heterocycles. The van der Waals surface area contributed by atoms with E-state index in [9.17, 15) is 4.79 Å². The van der Waals surface area contributed by atoms with Crippen LogP contribution in [0.3, 0.4) is 0 Å². The lowest BCUT2D eigenvalue weighted by Gasteiger charge is -2.28. The van der Waals surface area contributed by atoms with Crippen molar-refractivity contribution in [2.75, 3.05) is 0 Å². The summed E-state index contributed by atoms with van der Waals surface area (Å²) in [7, 11) is 0. The number of nitrogens with zero attached hydrogens (tertiary/aromatic N) is 1. The fraction of sp³-hybridized carbons (Fsp3) is 0.500. The summed E-state index contributed by atoms with van der Waals surface area (Å²) in [6, 6.07) is 10.7. The smallest absolute Gasteiger partial charge is 0.415 e. The van der Waals surface area contributed by atoms with Gasteiger partial charge in [0.2, 0.25) is 0 Å². The molecular weight excluding hydrogens is 262 g/mol. The molecule has 1 rings (SSSR count). The van der Waals surface area contributed by atoms with Crippen LogP contribution in [0.15, 0.2) is 42.7 Å². The lowest BCUT2D eigenvalue weighted by Crippen LogP contribution is -2.41. The van der Waals surface area contributed by atoms with Gasteiger partial charge in [0, 0.05) is 12.1 Å². The summed E-state index contributed by atoms with van der Waals surface area (Å²) in [6.45, 7) is 7.96. The summed E-state index contributed by atoms with van der Waals surface area (Å²) < 4.78 is 5.19. The minimum atomic E-state index is -0.278. The number of unbranched alkanes of at least 4 members (excludes halogenated alkanes) is 1. The van der Waals surface area contributed by atoms with E-state index in [0.717, 1.165) is 19.3 Å². The van der Waals surface area contributed by atoms with Gasteiger partial charge in [-0.1, -0.05) is 30.3 Å². The molecule has 0 aliphatic rings. The molecule has 0 spiro atoms. The standard InChI is InChI=1S/C18H27NO2/c1-15(2)19(16(3)4)18(20)21-14-10-6-9-13-17-11-7-5-8-12-17/h5,7-8,10-12,14-16H,6,9,13H2,1-4H3/b14-10-. The molecule has 1 aromatic carbocycles. The fourth-order valence-electron chi connectivity index (χ4n) is 2.32. The van der Waals surface area contributed by atoms with Crippen molar-refractivity contribution in [1.82, 2.24) is 4.90 Å². The lowest BCUT2D eigenvalue weighted by molar-refractivity contribution is 0.109. The van der Waals surface area contributed by atoms with Gasteiger partial charge in [0.05, 0.1) is 6.26 Å². The zero-order chi connectivity index (χ0) is 15.7. The highest BCUT2D eigenvalue weighted by Crippen LogP contribution is 2.08. The van der Waals surface area contributed by atoms with Gasteiger partial charge in [-0.3, -0.25) is 0 Å². The maximum absolute atomic E-state index is 11.9. The van der Waals surface area contributed by atoms with Crippen LogP contribution in [0.4, 0.5) is 4.79 Å². The van der Waals surface area contributed by atoms with Gasteiger partial charge in [0.15, 0.2) is 0 Å². The van der Waals surface area contributed by atoms with Crippen LogP contribution in [0.2, 0.25) is 0 Å². The third-order valence-corrected chi connectivity index (χ3v) is 3.27. The number of hydrogen-bond acceptors (Lipinski definition) is 2. The van der Waals surface area contributed by atoms with Crippen LogP contribution >= 0.6 is 0 Å². The normalized spacial score (nSPS) is 11.3. The highest BCUT2D eigenvalue weighted by molar-refractivity contribution is 5.68. The first-order chi connectivity index (χ1) is 10.0. The number of carbonyl (C=O) groups excluding carboxylic acids is 1. The van der Waals surface area contributed by atoms with Crippen molar-refractivity contribution in [3.8, 4) is 0 Å². The second-order valence-electron chi connectivity index (χ2n) is 5.73. The highest BCUT2D eigenvalue weighted by atomic mass is 16.5. The summed E-state index contributed by atoms with van der Waals surface area (Å²) in [4.78, 5) is 13.7. The van der Waals surface area contributed by atoms with E-state index in [0.29, 0.717) is 0 Å². The number of allylic oxidation sites excluding steroid dienone is 1. The summed E-state index contributed by atoms with van der Waals surface area (Å²) >= 11 is 0. The third-order valence-electron chi connectivity index (χ3n) is 3.27. The van der Waals surface area contributed by atoms with Gasteiger partial charge in [-0.25, -0.2) is 4.79 Å². The van der Waals surface area contributed by atoms with Crippen molar-refractivity contribution in [1.29, 1.82) is 0 Å². The predicted octanol–water partition coefficient (Wildman–Crippen LogP) is 4.78. The Bertz CT molecular complexity index is 430. The number of benzene rings is 1. The zero-order valence-corrected chi connectivity index (χ0v) is 13.6. The second-order valence-corrected chi connectivity index (χ2v) is 5.73. The Balaban J connectivity index is 2.26. The molecule has 0 unspecified atom stereocenters. The van der Waals surface area contributed by atoms with Gasteiger partial charge in [0.25, 0.3) is 0 Å². The molecule has 3 nitrogen and oxygen atoms in total. The summed E-state index contributed by atoms with van der Waals surface area (Å²) in [5, 5.41) is 0. The molecule has 1 amide bonds. The van der Waals surface area contributed by atoms with E-state index in [4.69, 9.17) is 4.74 Å². The molecule has 0 atom stereocenters. The molecule has 116 valence electrons. The minimum absolute atomic E-state index is 0.143. The molecule has 21 heavy (non-hydrogen) atoms. The summed E-state index contributed by atoms with van der Waals surface area (Å²) in [6.07, 6.45) is 6.16. The van der Waals surface area contributed by atoms with Crippen molar-refractivity contribution in [3.05, 3.63) is 48.2 Å². The van der Waals surface area contributed by atoms with Crippen molar-refractivity contribution < 1.29 is 9.53 Å². The van der Waals surface area contributed by atoms with Crippen molar-refractivity contribution >= 4 is 6.09 Å².